The molecule has 2 aromatic carbocycles. The van der Waals surface area contributed by atoms with Crippen molar-refractivity contribution in [1.82, 2.24) is 4.98 Å². The van der Waals surface area contributed by atoms with Crippen LogP contribution in [0.25, 0.3) is 0 Å². The van der Waals surface area contributed by atoms with E-state index in [-0.39, 0.29) is 16.1 Å². The number of rotatable bonds is 6. The van der Waals surface area contributed by atoms with Gasteiger partial charge in [-0.05, 0) is 48.5 Å². The summed E-state index contributed by atoms with van der Waals surface area (Å²) < 4.78 is 33.1. The minimum absolute atomic E-state index is 0.0723. The van der Waals surface area contributed by atoms with Crippen molar-refractivity contribution >= 4 is 38.9 Å². The SMILES string of the molecule is COc1ccc(Cl)cc1NS(=O)(=O)c1cccc(C(=O)Nc2ccncc2)c1. The number of carbonyl (C=O) groups is 1. The molecule has 0 aliphatic heterocycles. The van der Waals surface area contributed by atoms with Crippen LogP contribution in [0, 0.1) is 0 Å². The topological polar surface area (TPSA) is 97.4 Å². The van der Waals surface area contributed by atoms with E-state index in [1.807, 2.05) is 0 Å². The minimum Gasteiger partial charge on any atom is -0.495 e. The van der Waals surface area contributed by atoms with Crippen LogP contribution < -0.4 is 14.8 Å². The van der Waals surface area contributed by atoms with E-state index in [0.29, 0.717) is 16.5 Å². The molecule has 0 spiro atoms. The van der Waals surface area contributed by atoms with E-state index in [0.717, 1.165) is 0 Å². The van der Waals surface area contributed by atoms with Gasteiger partial charge in [0.15, 0.2) is 0 Å². The van der Waals surface area contributed by atoms with E-state index in [1.54, 1.807) is 36.7 Å². The maximum atomic E-state index is 12.8. The molecule has 0 saturated heterocycles. The van der Waals surface area contributed by atoms with Crippen LogP contribution in [0.3, 0.4) is 0 Å². The Labute approximate surface area is 167 Å². The van der Waals surface area contributed by atoms with Crippen molar-refractivity contribution in [2.45, 2.75) is 4.90 Å². The molecular weight excluding hydrogens is 402 g/mol. The Balaban J connectivity index is 1.86. The number of amides is 1. The number of methoxy groups -OCH3 is 1. The molecule has 3 aromatic rings. The smallest absolute Gasteiger partial charge is 0.262 e. The van der Waals surface area contributed by atoms with Gasteiger partial charge in [0.1, 0.15) is 5.75 Å². The molecule has 3 rings (SSSR count). The quantitative estimate of drug-likeness (QED) is 0.635. The fourth-order valence-corrected chi connectivity index (χ4v) is 3.69. The first-order chi connectivity index (χ1) is 13.4. The summed E-state index contributed by atoms with van der Waals surface area (Å²) >= 11 is 5.94. The summed E-state index contributed by atoms with van der Waals surface area (Å²) in [5.74, 6) is -0.122. The molecule has 0 saturated carbocycles. The molecule has 2 N–H and O–H groups in total. The Morgan fingerprint density at radius 3 is 2.54 bits per heavy atom. The van der Waals surface area contributed by atoms with Crippen molar-refractivity contribution in [1.29, 1.82) is 0 Å². The van der Waals surface area contributed by atoms with Gasteiger partial charge in [0.25, 0.3) is 15.9 Å². The third-order valence-electron chi connectivity index (χ3n) is 3.75. The molecule has 0 radical (unpaired) electrons. The fourth-order valence-electron chi connectivity index (χ4n) is 2.41. The van der Waals surface area contributed by atoms with Crippen molar-refractivity contribution in [3.63, 3.8) is 0 Å². The summed E-state index contributed by atoms with van der Waals surface area (Å²) in [6.45, 7) is 0. The van der Waals surface area contributed by atoms with Crippen molar-refractivity contribution < 1.29 is 17.9 Å². The van der Waals surface area contributed by atoms with E-state index in [2.05, 4.69) is 15.0 Å². The number of ether oxygens (including phenoxy) is 1. The first kappa shape index (κ1) is 19.7. The molecule has 7 nitrogen and oxygen atoms in total. The monoisotopic (exact) mass is 417 g/mol. The van der Waals surface area contributed by atoms with Gasteiger partial charge >= 0.3 is 0 Å². The number of benzene rings is 2. The number of sulfonamides is 1. The van der Waals surface area contributed by atoms with Gasteiger partial charge in [-0.15, -0.1) is 0 Å². The Morgan fingerprint density at radius 2 is 1.82 bits per heavy atom. The van der Waals surface area contributed by atoms with Crippen LogP contribution in [0.15, 0.2) is 71.9 Å². The van der Waals surface area contributed by atoms with Crippen LogP contribution in [0.2, 0.25) is 5.02 Å². The van der Waals surface area contributed by atoms with Crippen molar-refractivity contribution in [3.05, 3.63) is 77.6 Å². The fraction of sp³-hybridized carbons (Fsp3) is 0.0526. The Morgan fingerprint density at radius 1 is 1.07 bits per heavy atom. The molecule has 0 bridgehead atoms. The van der Waals surface area contributed by atoms with Gasteiger partial charge in [0, 0.05) is 28.7 Å². The van der Waals surface area contributed by atoms with E-state index in [9.17, 15) is 13.2 Å². The predicted octanol–water partition coefficient (Wildman–Crippen LogP) is 3.80. The number of halogens is 1. The third-order valence-corrected chi connectivity index (χ3v) is 5.35. The second-order valence-corrected chi connectivity index (χ2v) is 7.79. The van der Waals surface area contributed by atoms with Gasteiger partial charge in [0.2, 0.25) is 0 Å². The standard InChI is InChI=1S/C19H16ClN3O4S/c1-27-18-6-5-14(20)12-17(18)23-28(25,26)16-4-2-3-13(11-16)19(24)22-15-7-9-21-10-8-15/h2-12,23H,1H3,(H,21,22,24). The zero-order valence-corrected chi connectivity index (χ0v) is 16.3. The summed E-state index contributed by atoms with van der Waals surface area (Å²) in [6, 6.07) is 13.5. The van der Waals surface area contributed by atoms with Gasteiger partial charge in [-0.1, -0.05) is 17.7 Å². The highest BCUT2D eigenvalue weighted by molar-refractivity contribution is 7.92. The third kappa shape index (κ3) is 4.59. The highest BCUT2D eigenvalue weighted by Gasteiger charge is 2.19. The molecule has 0 fully saturated rings. The summed E-state index contributed by atoms with van der Waals surface area (Å²) in [4.78, 5) is 16.2. The molecule has 0 atom stereocenters. The van der Waals surface area contributed by atoms with Crippen LogP contribution in [0.5, 0.6) is 5.75 Å². The van der Waals surface area contributed by atoms with Crippen molar-refractivity contribution in [2.24, 2.45) is 0 Å². The number of nitrogens with one attached hydrogen (secondary N) is 2. The summed E-state index contributed by atoms with van der Waals surface area (Å²) in [6.07, 6.45) is 3.08. The number of hydrogen-bond donors (Lipinski definition) is 2. The number of anilines is 2. The minimum atomic E-state index is -3.97. The van der Waals surface area contributed by atoms with Crippen LogP contribution >= 0.6 is 11.6 Å². The molecule has 1 amide bonds. The van der Waals surface area contributed by atoms with Gasteiger partial charge in [0.05, 0.1) is 17.7 Å². The number of carbonyl (C=O) groups excluding carboxylic acids is 1. The number of aromatic nitrogens is 1. The molecular formula is C19H16ClN3O4S. The molecule has 1 heterocycles. The molecule has 1 aromatic heterocycles. The zero-order chi connectivity index (χ0) is 20.1. The van der Waals surface area contributed by atoms with Gasteiger partial charge in [-0.3, -0.25) is 14.5 Å². The lowest BCUT2D eigenvalue weighted by atomic mass is 10.2. The number of hydrogen-bond acceptors (Lipinski definition) is 5. The summed E-state index contributed by atoms with van der Waals surface area (Å²) in [5, 5.41) is 3.03. The first-order valence-corrected chi connectivity index (χ1v) is 9.93. The molecule has 0 aliphatic rings. The highest BCUT2D eigenvalue weighted by Crippen LogP contribution is 2.30. The van der Waals surface area contributed by atoms with E-state index >= 15 is 0 Å². The highest BCUT2D eigenvalue weighted by atomic mass is 35.5. The van der Waals surface area contributed by atoms with Gasteiger partial charge in [-0.25, -0.2) is 8.42 Å². The number of nitrogens with zero attached hydrogens (tertiary/aromatic N) is 1. The van der Waals surface area contributed by atoms with Crippen LogP contribution in [-0.4, -0.2) is 26.4 Å². The van der Waals surface area contributed by atoms with Crippen LogP contribution in [0.1, 0.15) is 10.4 Å². The normalized spacial score (nSPS) is 10.9. The molecule has 9 heteroatoms. The molecule has 28 heavy (non-hydrogen) atoms. The Bertz CT molecular complexity index is 1110. The predicted molar refractivity (Wildman–Crippen MR) is 107 cm³/mol. The lowest BCUT2D eigenvalue weighted by Crippen LogP contribution is -2.16. The summed E-state index contributed by atoms with van der Waals surface area (Å²) in [5.41, 5.74) is 0.939. The second-order valence-electron chi connectivity index (χ2n) is 5.67. The lowest BCUT2D eigenvalue weighted by Gasteiger charge is -2.13. The Hall–Kier alpha value is -3.10. The van der Waals surface area contributed by atoms with Crippen LogP contribution in [-0.2, 0) is 10.0 Å². The molecule has 0 unspecified atom stereocenters. The second kappa shape index (κ2) is 8.28. The van der Waals surface area contributed by atoms with Gasteiger partial charge < -0.3 is 10.1 Å². The zero-order valence-electron chi connectivity index (χ0n) is 14.7. The van der Waals surface area contributed by atoms with E-state index < -0.39 is 15.9 Å². The Kier molecular flexibility index (Phi) is 5.81. The maximum Gasteiger partial charge on any atom is 0.262 e. The molecule has 144 valence electrons. The van der Waals surface area contributed by atoms with E-state index in [4.69, 9.17) is 16.3 Å². The molecule has 0 aliphatic carbocycles. The lowest BCUT2D eigenvalue weighted by molar-refractivity contribution is 0.102. The van der Waals surface area contributed by atoms with E-state index in [1.165, 1.54) is 37.4 Å². The largest absolute Gasteiger partial charge is 0.495 e. The van der Waals surface area contributed by atoms with Gasteiger partial charge in [-0.2, -0.15) is 0 Å². The summed E-state index contributed by atoms with van der Waals surface area (Å²) in [7, 11) is -2.55. The average molecular weight is 418 g/mol. The van der Waals surface area contributed by atoms with Crippen molar-refractivity contribution in [3.8, 4) is 5.75 Å². The maximum absolute atomic E-state index is 12.8. The number of pyridine rings is 1. The first-order valence-electron chi connectivity index (χ1n) is 8.07. The van der Waals surface area contributed by atoms with Crippen molar-refractivity contribution in [2.75, 3.05) is 17.1 Å². The average Bonchev–Trinajstić information content (AvgIpc) is 2.69. The van der Waals surface area contributed by atoms with Crippen LogP contribution in [0.4, 0.5) is 11.4 Å².